The average molecular weight is 271 g/mol. The first-order chi connectivity index (χ1) is 8.85. The van der Waals surface area contributed by atoms with E-state index in [1.165, 1.54) is 6.92 Å². The van der Waals surface area contributed by atoms with Gasteiger partial charge in [-0.3, -0.25) is 4.79 Å². The lowest BCUT2D eigenvalue weighted by molar-refractivity contribution is -0.121. The topological polar surface area (TPSA) is 87.7 Å². The van der Waals surface area contributed by atoms with Crippen LogP contribution < -0.4 is 11.1 Å². The lowest BCUT2D eigenvalue weighted by Gasteiger charge is -2.25. The Balaban J connectivity index is 3.04. The Hall–Kier alpha value is -2.18. The van der Waals surface area contributed by atoms with E-state index in [4.69, 9.17) is 10.9 Å². The summed E-state index contributed by atoms with van der Waals surface area (Å²) >= 11 is 0. The van der Waals surface area contributed by atoms with Crippen molar-refractivity contribution in [3.63, 3.8) is 0 Å². The first kappa shape index (κ1) is 14.9. The van der Waals surface area contributed by atoms with E-state index in [0.29, 0.717) is 0 Å². The monoisotopic (exact) mass is 271 g/mol. The van der Waals surface area contributed by atoms with Gasteiger partial charge in [0.25, 0.3) is 0 Å². The summed E-state index contributed by atoms with van der Waals surface area (Å²) < 4.78 is 26.4. The quantitative estimate of drug-likeness (QED) is 0.339. The van der Waals surface area contributed by atoms with Crippen LogP contribution in [0.25, 0.3) is 0 Å². The average Bonchev–Trinajstić information content (AvgIpc) is 2.40. The Kier molecular flexibility index (Phi) is 4.42. The fourth-order valence-corrected chi connectivity index (χ4v) is 1.42. The maximum absolute atomic E-state index is 13.4. The molecule has 0 aromatic heterocycles. The van der Waals surface area contributed by atoms with E-state index in [2.05, 4.69) is 10.5 Å². The number of rotatable bonds is 4. The van der Waals surface area contributed by atoms with E-state index in [1.807, 2.05) is 0 Å². The Morgan fingerprint density at radius 3 is 2.68 bits per heavy atom. The molecule has 0 fully saturated rings. The van der Waals surface area contributed by atoms with Crippen LogP contribution in [0.15, 0.2) is 23.4 Å². The summed E-state index contributed by atoms with van der Waals surface area (Å²) in [7, 11) is 0. The van der Waals surface area contributed by atoms with Crippen LogP contribution in [-0.4, -0.2) is 17.0 Å². The zero-order valence-electron chi connectivity index (χ0n) is 10.6. The third-order valence-electron chi connectivity index (χ3n) is 3.06. The molecule has 0 aliphatic heterocycles. The van der Waals surface area contributed by atoms with Crippen molar-refractivity contribution in [2.24, 2.45) is 16.3 Å². The van der Waals surface area contributed by atoms with E-state index >= 15 is 0 Å². The van der Waals surface area contributed by atoms with E-state index in [0.717, 1.165) is 18.2 Å². The lowest BCUT2D eigenvalue weighted by atomic mass is 9.85. The van der Waals surface area contributed by atoms with Crippen molar-refractivity contribution < 1.29 is 18.8 Å². The van der Waals surface area contributed by atoms with Gasteiger partial charge in [-0.15, -0.1) is 0 Å². The number of nitrogens with one attached hydrogen (secondary N) is 1. The molecule has 0 heterocycles. The highest BCUT2D eigenvalue weighted by Gasteiger charge is 2.36. The highest BCUT2D eigenvalue weighted by atomic mass is 19.1. The van der Waals surface area contributed by atoms with Gasteiger partial charge in [-0.25, -0.2) is 8.78 Å². The Morgan fingerprint density at radius 2 is 2.16 bits per heavy atom. The van der Waals surface area contributed by atoms with Gasteiger partial charge >= 0.3 is 0 Å². The Morgan fingerprint density at radius 1 is 1.53 bits per heavy atom. The van der Waals surface area contributed by atoms with Crippen LogP contribution in [-0.2, 0) is 4.79 Å². The largest absolute Gasteiger partial charge is 0.409 e. The first-order valence-corrected chi connectivity index (χ1v) is 5.59. The SMILES string of the molecule is CCC(C)(C(=O)Nc1cc(F)ccc1F)/C(N)=N/O. The van der Waals surface area contributed by atoms with Gasteiger partial charge in [-0.1, -0.05) is 12.1 Å². The zero-order chi connectivity index (χ0) is 14.6. The molecule has 5 nitrogen and oxygen atoms in total. The van der Waals surface area contributed by atoms with Crippen molar-refractivity contribution in [1.29, 1.82) is 0 Å². The van der Waals surface area contributed by atoms with Crippen LogP contribution in [0.2, 0.25) is 0 Å². The number of nitrogens with zero attached hydrogens (tertiary/aromatic N) is 1. The third kappa shape index (κ3) is 2.98. The van der Waals surface area contributed by atoms with Gasteiger partial charge in [0.2, 0.25) is 5.91 Å². The van der Waals surface area contributed by atoms with Crippen LogP contribution in [0.3, 0.4) is 0 Å². The molecule has 1 aromatic carbocycles. The second-order valence-corrected chi connectivity index (χ2v) is 4.25. The zero-order valence-corrected chi connectivity index (χ0v) is 10.6. The van der Waals surface area contributed by atoms with Crippen molar-refractivity contribution in [3.05, 3.63) is 29.8 Å². The molecule has 4 N–H and O–H groups in total. The van der Waals surface area contributed by atoms with E-state index in [-0.39, 0.29) is 17.9 Å². The van der Waals surface area contributed by atoms with Crippen molar-refractivity contribution in [3.8, 4) is 0 Å². The minimum Gasteiger partial charge on any atom is -0.409 e. The number of nitrogens with two attached hydrogens (primary N) is 1. The van der Waals surface area contributed by atoms with E-state index in [1.54, 1.807) is 6.92 Å². The molecule has 0 radical (unpaired) electrons. The number of benzene rings is 1. The van der Waals surface area contributed by atoms with Crippen LogP contribution in [0.1, 0.15) is 20.3 Å². The Labute approximate surface area is 109 Å². The molecular weight excluding hydrogens is 256 g/mol. The molecule has 1 aromatic rings. The fraction of sp³-hybridized carbons (Fsp3) is 0.333. The number of amides is 1. The Bertz CT molecular complexity index is 520. The minimum atomic E-state index is -1.31. The highest BCUT2D eigenvalue weighted by Crippen LogP contribution is 2.25. The number of anilines is 1. The second-order valence-electron chi connectivity index (χ2n) is 4.25. The maximum atomic E-state index is 13.4. The minimum absolute atomic E-state index is 0.228. The summed E-state index contributed by atoms with van der Waals surface area (Å²) in [5.74, 6) is -2.44. The highest BCUT2D eigenvalue weighted by molar-refractivity contribution is 6.11. The molecule has 104 valence electrons. The fourth-order valence-electron chi connectivity index (χ4n) is 1.42. The molecule has 0 aliphatic rings. The molecular formula is C12H15F2N3O2. The van der Waals surface area contributed by atoms with E-state index in [9.17, 15) is 13.6 Å². The number of carbonyl (C=O) groups is 1. The van der Waals surface area contributed by atoms with Gasteiger partial charge in [0.15, 0.2) is 5.84 Å². The van der Waals surface area contributed by atoms with Crippen molar-refractivity contribution in [1.82, 2.24) is 0 Å². The van der Waals surface area contributed by atoms with E-state index < -0.39 is 23.0 Å². The van der Waals surface area contributed by atoms with Gasteiger partial charge < -0.3 is 16.3 Å². The smallest absolute Gasteiger partial charge is 0.238 e. The summed E-state index contributed by atoms with van der Waals surface area (Å²) in [6.45, 7) is 3.09. The van der Waals surface area contributed by atoms with Gasteiger partial charge in [0.05, 0.1) is 5.69 Å². The van der Waals surface area contributed by atoms with Gasteiger partial charge in [0, 0.05) is 6.07 Å². The predicted molar refractivity (Wildman–Crippen MR) is 66.8 cm³/mol. The van der Waals surface area contributed by atoms with Crippen molar-refractivity contribution >= 4 is 17.4 Å². The number of oxime groups is 1. The predicted octanol–water partition coefficient (Wildman–Crippen LogP) is 2.07. The molecule has 0 aliphatic carbocycles. The van der Waals surface area contributed by atoms with Gasteiger partial charge in [-0.05, 0) is 25.5 Å². The number of carbonyl (C=O) groups excluding carboxylic acids is 1. The first-order valence-electron chi connectivity index (χ1n) is 5.59. The number of amidine groups is 1. The summed E-state index contributed by atoms with van der Waals surface area (Å²) in [4.78, 5) is 12.1. The molecule has 1 atom stereocenters. The second kappa shape index (κ2) is 5.64. The van der Waals surface area contributed by atoms with Gasteiger partial charge in [-0.2, -0.15) is 0 Å². The van der Waals surface area contributed by atoms with Crippen molar-refractivity contribution in [2.45, 2.75) is 20.3 Å². The standard InChI is InChI=1S/C12H15F2N3O2/c1-3-12(2,10(15)17-19)11(18)16-9-6-7(13)4-5-8(9)14/h4-6,19H,3H2,1-2H3,(H2,15,17)(H,16,18). The number of hydrogen-bond donors (Lipinski definition) is 3. The van der Waals surface area contributed by atoms with Crippen LogP contribution in [0.4, 0.5) is 14.5 Å². The van der Waals surface area contributed by atoms with Crippen LogP contribution >= 0.6 is 0 Å². The summed E-state index contributed by atoms with van der Waals surface area (Å²) in [5.41, 5.74) is 3.85. The third-order valence-corrected chi connectivity index (χ3v) is 3.06. The van der Waals surface area contributed by atoms with Crippen LogP contribution in [0.5, 0.6) is 0 Å². The molecule has 1 unspecified atom stereocenters. The number of hydrogen-bond acceptors (Lipinski definition) is 3. The molecule has 0 saturated carbocycles. The summed E-state index contributed by atoms with van der Waals surface area (Å²) in [6.07, 6.45) is 0.228. The van der Waals surface area contributed by atoms with Crippen LogP contribution in [0, 0.1) is 17.0 Å². The maximum Gasteiger partial charge on any atom is 0.238 e. The number of halogens is 2. The molecule has 7 heteroatoms. The molecule has 1 rings (SSSR count). The summed E-state index contributed by atoms with van der Waals surface area (Å²) in [6, 6.07) is 2.70. The molecule has 0 saturated heterocycles. The molecule has 0 spiro atoms. The molecule has 19 heavy (non-hydrogen) atoms. The lowest BCUT2D eigenvalue weighted by Crippen LogP contribution is -2.44. The summed E-state index contributed by atoms with van der Waals surface area (Å²) in [5, 5.41) is 13.7. The molecule has 1 amide bonds. The van der Waals surface area contributed by atoms with Crippen molar-refractivity contribution in [2.75, 3.05) is 5.32 Å². The van der Waals surface area contributed by atoms with Gasteiger partial charge in [0.1, 0.15) is 17.0 Å². The molecule has 0 bridgehead atoms. The normalized spacial score (nSPS) is 14.8.